The topological polar surface area (TPSA) is 45.8 Å². The Morgan fingerprint density at radius 3 is 2.65 bits per heavy atom. The van der Waals surface area contributed by atoms with Gasteiger partial charge in [0.15, 0.2) is 5.16 Å². The van der Waals surface area contributed by atoms with Crippen LogP contribution in [0.5, 0.6) is 0 Å². The van der Waals surface area contributed by atoms with E-state index in [1.807, 2.05) is 32.0 Å². The van der Waals surface area contributed by atoms with Crippen LogP contribution >= 0.6 is 11.8 Å². The number of aryl methyl sites for hydroxylation is 1. The van der Waals surface area contributed by atoms with Crippen molar-refractivity contribution in [1.29, 1.82) is 0 Å². The van der Waals surface area contributed by atoms with E-state index in [9.17, 15) is 4.79 Å². The first-order chi connectivity index (χ1) is 9.56. The van der Waals surface area contributed by atoms with E-state index in [0.29, 0.717) is 17.1 Å². The lowest BCUT2D eigenvalue weighted by atomic mass is 10.1. The van der Waals surface area contributed by atoms with E-state index in [1.165, 1.54) is 5.56 Å². The summed E-state index contributed by atoms with van der Waals surface area (Å²) in [7, 11) is 0. The van der Waals surface area contributed by atoms with Crippen LogP contribution in [0.2, 0.25) is 0 Å². The predicted octanol–water partition coefficient (Wildman–Crippen LogP) is 3.49. The number of hydrogen-bond donors (Lipinski definition) is 1. The molecule has 2 rings (SSSR count). The molecule has 0 aliphatic heterocycles. The Morgan fingerprint density at radius 1 is 1.35 bits per heavy atom. The zero-order chi connectivity index (χ0) is 14.5. The third kappa shape index (κ3) is 3.84. The summed E-state index contributed by atoms with van der Waals surface area (Å²) in [5.74, 6) is 0.795. The van der Waals surface area contributed by atoms with Gasteiger partial charge >= 0.3 is 0 Å². The molecule has 0 fully saturated rings. The van der Waals surface area contributed by atoms with Crippen molar-refractivity contribution in [1.82, 2.24) is 9.97 Å². The number of nitrogens with zero attached hydrogens (tertiary/aromatic N) is 1. The summed E-state index contributed by atoms with van der Waals surface area (Å²) in [6.45, 7) is 7.63. The van der Waals surface area contributed by atoms with Crippen LogP contribution in [0.4, 0.5) is 0 Å². The molecule has 0 unspecified atom stereocenters. The Labute approximate surface area is 123 Å². The number of H-pyrrole nitrogens is 1. The van der Waals surface area contributed by atoms with Gasteiger partial charge in [-0.1, -0.05) is 54.2 Å². The maximum absolute atomic E-state index is 12.1. The maximum Gasteiger partial charge on any atom is 0.255 e. The second kappa shape index (κ2) is 6.57. The summed E-state index contributed by atoms with van der Waals surface area (Å²) >= 11 is 1.54. The third-order valence-electron chi connectivity index (χ3n) is 2.90. The molecule has 1 aromatic carbocycles. The van der Waals surface area contributed by atoms with Crippen molar-refractivity contribution >= 4 is 11.8 Å². The molecule has 104 valence electrons. The molecule has 4 heteroatoms. The molecule has 0 amide bonds. The van der Waals surface area contributed by atoms with Crippen LogP contribution in [0.15, 0.2) is 52.4 Å². The Bertz CT molecular complexity index is 662. The minimum Gasteiger partial charge on any atom is -0.301 e. The predicted molar refractivity (Wildman–Crippen MR) is 84.1 cm³/mol. The lowest BCUT2D eigenvalue weighted by Crippen LogP contribution is -2.17. The largest absolute Gasteiger partial charge is 0.301 e. The van der Waals surface area contributed by atoms with Gasteiger partial charge in [-0.15, -0.1) is 0 Å². The van der Waals surface area contributed by atoms with E-state index in [1.54, 1.807) is 11.8 Å². The SMILES string of the molecule is C=C(C)Cc1c(C)nc(SCc2ccccc2)[nH]c1=O. The second-order valence-electron chi connectivity index (χ2n) is 4.84. The molecule has 0 saturated heterocycles. The van der Waals surface area contributed by atoms with Crippen LogP contribution in [0.3, 0.4) is 0 Å². The Hall–Kier alpha value is -1.81. The lowest BCUT2D eigenvalue weighted by molar-refractivity contribution is 0.863. The van der Waals surface area contributed by atoms with Gasteiger partial charge in [-0.2, -0.15) is 0 Å². The number of nitrogens with one attached hydrogen (secondary N) is 1. The van der Waals surface area contributed by atoms with Gasteiger partial charge in [0.1, 0.15) is 0 Å². The molecule has 1 aromatic heterocycles. The van der Waals surface area contributed by atoms with E-state index in [2.05, 4.69) is 28.7 Å². The van der Waals surface area contributed by atoms with Crippen LogP contribution < -0.4 is 5.56 Å². The van der Waals surface area contributed by atoms with Crippen LogP contribution in [-0.4, -0.2) is 9.97 Å². The van der Waals surface area contributed by atoms with Gasteiger partial charge in [0.05, 0.1) is 0 Å². The fourth-order valence-electron chi connectivity index (χ4n) is 1.89. The summed E-state index contributed by atoms with van der Waals surface area (Å²) in [6.07, 6.45) is 0.581. The normalized spacial score (nSPS) is 10.5. The fourth-order valence-corrected chi connectivity index (χ4v) is 2.75. The summed E-state index contributed by atoms with van der Waals surface area (Å²) in [5.41, 5.74) is 3.61. The van der Waals surface area contributed by atoms with E-state index in [4.69, 9.17) is 0 Å². The average Bonchev–Trinajstić information content (AvgIpc) is 2.41. The number of allylic oxidation sites excluding steroid dienone is 1. The highest BCUT2D eigenvalue weighted by Crippen LogP contribution is 2.19. The van der Waals surface area contributed by atoms with Gasteiger partial charge in [0.2, 0.25) is 0 Å². The molecule has 1 N–H and O–H groups in total. The fraction of sp³-hybridized carbons (Fsp3) is 0.250. The number of aromatic amines is 1. The monoisotopic (exact) mass is 286 g/mol. The van der Waals surface area contributed by atoms with Crippen molar-refractivity contribution in [2.75, 3.05) is 0 Å². The van der Waals surface area contributed by atoms with E-state index in [-0.39, 0.29) is 5.56 Å². The maximum atomic E-state index is 12.1. The minimum atomic E-state index is -0.0592. The highest BCUT2D eigenvalue weighted by atomic mass is 32.2. The molecule has 0 aliphatic rings. The second-order valence-corrected chi connectivity index (χ2v) is 5.81. The van der Waals surface area contributed by atoms with Gasteiger partial charge in [-0.05, 0) is 19.4 Å². The molecule has 2 aromatic rings. The van der Waals surface area contributed by atoms with Crippen LogP contribution in [0, 0.1) is 6.92 Å². The van der Waals surface area contributed by atoms with Crippen molar-refractivity contribution < 1.29 is 0 Å². The quantitative estimate of drug-likeness (QED) is 0.520. The zero-order valence-corrected chi connectivity index (χ0v) is 12.6. The number of aromatic nitrogens is 2. The van der Waals surface area contributed by atoms with E-state index < -0.39 is 0 Å². The standard InChI is InChI=1S/C16H18N2OS/c1-11(2)9-14-12(3)17-16(18-15(14)19)20-10-13-7-5-4-6-8-13/h4-8H,1,9-10H2,2-3H3,(H,17,18,19). The molecule has 1 heterocycles. The number of hydrogen-bond acceptors (Lipinski definition) is 3. The van der Waals surface area contributed by atoms with Crippen molar-refractivity contribution in [2.24, 2.45) is 0 Å². The van der Waals surface area contributed by atoms with Gasteiger partial charge in [0.25, 0.3) is 5.56 Å². The van der Waals surface area contributed by atoms with Crippen molar-refractivity contribution in [3.05, 3.63) is 69.7 Å². The Morgan fingerprint density at radius 2 is 2.05 bits per heavy atom. The molecule has 0 saturated carbocycles. The minimum absolute atomic E-state index is 0.0592. The van der Waals surface area contributed by atoms with E-state index >= 15 is 0 Å². The molecule has 0 radical (unpaired) electrons. The summed E-state index contributed by atoms with van der Waals surface area (Å²) < 4.78 is 0. The number of rotatable bonds is 5. The van der Waals surface area contributed by atoms with Crippen LogP contribution in [-0.2, 0) is 12.2 Å². The highest BCUT2D eigenvalue weighted by Gasteiger charge is 2.08. The molecule has 0 bridgehead atoms. The lowest BCUT2D eigenvalue weighted by Gasteiger charge is -2.07. The first-order valence-electron chi connectivity index (χ1n) is 6.47. The Kier molecular flexibility index (Phi) is 4.79. The zero-order valence-electron chi connectivity index (χ0n) is 11.8. The number of thioether (sulfide) groups is 1. The molecule has 0 spiro atoms. The van der Waals surface area contributed by atoms with Gasteiger partial charge in [-0.3, -0.25) is 4.79 Å². The van der Waals surface area contributed by atoms with Gasteiger partial charge < -0.3 is 4.98 Å². The molecular weight excluding hydrogens is 268 g/mol. The molecule has 0 atom stereocenters. The third-order valence-corrected chi connectivity index (χ3v) is 3.84. The first-order valence-corrected chi connectivity index (χ1v) is 7.45. The van der Waals surface area contributed by atoms with E-state index in [0.717, 1.165) is 17.0 Å². The van der Waals surface area contributed by atoms with Gasteiger partial charge in [-0.25, -0.2) is 4.98 Å². The summed E-state index contributed by atoms with van der Waals surface area (Å²) in [5, 5.41) is 0.668. The highest BCUT2D eigenvalue weighted by molar-refractivity contribution is 7.98. The summed E-state index contributed by atoms with van der Waals surface area (Å²) in [6, 6.07) is 10.1. The van der Waals surface area contributed by atoms with Gasteiger partial charge in [0, 0.05) is 23.4 Å². The molecule has 20 heavy (non-hydrogen) atoms. The molecule has 3 nitrogen and oxygen atoms in total. The molecular formula is C16H18N2OS. The number of benzene rings is 1. The Balaban J connectivity index is 2.14. The smallest absolute Gasteiger partial charge is 0.255 e. The van der Waals surface area contributed by atoms with Crippen LogP contribution in [0.25, 0.3) is 0 Å². The average molecular weight is 286 g/mol. The van der Waals surface area contributed by atoms with Crippen molar-refractivity contribution in [2.45, 2.75) is 31.2 Å². The van der Waals surface area contributed by atoms with Crippen LogP contribution in [0.1, 0.15) is 23.7 Å². The van der Waals surface area contributed by atoms with Crippen molar-refractivity contribution in [3.63, 3.8) is 0 Å². The molecule has 0 aliphatic carbocycles. The first kappa shape index (κ1) is 14.6. The van der Waals surface area contributed by atoms with Crippen molar-refractivity contribution in [3.8, 4) is 0 Å². The summed E-state index contributed by atoms with van der Waals surface area (Å²) in [4.78, 5) is 19.4.